The molecule has 0 aromatic carbocycles. The van der Waals surface area contributed by atoms with E-state index in [0.29, 0.717) is 17.7 Å². The third kappa shape index (κ3) is 2.49. The van der Waals surface area contributed by atoms with Gasteiger partial charge in [0, 0.05) is 18.3 Å². The van der Waals surface area contributed by atoms with E-state index in [1.165, 1.54) is 24.1 Å². The first-order valence-corrected chi connectivity index (χ1v) is 7.56. The van der Waals surface area contributed by atoms with Gasteiger partial charge in [-0.2, -0.15) is 0 Å². The molecule has 8 nitrogen and oxygen atoms in total. The minimum absolute atomic E-state index is 0.0239. The highest BCUT2D eigenvalue weighted by atomic mass is 16.5. The number of ether oxygens (including phenoxy) is 1. The van der Waals surface area contributed by atoms with Gasteiger partial charge < -0.3 is 14.4 Å². The smallest absolute Gasteiger partial charge is 0.267 e. The first kappa shape index (κ1) is 16.0. The number of methoxy groups -OCH3 is 1. The fraction of sp³-hybridized carbons (Fsp3) is 0.375. The molecule has 0 unspecified atom stereocenters. The summed E-state index contributed by atoms with van der Waals surface area (Å²) in [6, 6.07) is 0. The number of carbonyl (C=O) groups excluding carboxylic acids is 1. The number of nitrogens with one attached hydrogen (secondary N) is 1. The summed E-state index contributed by atoms with van der Waals surface area (Å²) < 4.78 is 6.38. The summed E-state index contributed by atoms with van der Waals surface area (Å²) in [4.78, 5) is 32.8. The van der Waals surface area contributed by atoms with Crippen LogP contribution in [-0.2, 0) is 13.5 Å². The fourth-order valence-electron chi connectivity index (χ4n) is 3.02. The van der Waals surface area contributed by atoms with Crippen molar-refractivity contribution in [1.82, 2.24) is 14.5 Å². The van der Waals surface area contributed by atoms with Crippen LogP contribution in [0.5, 0.6) is 11.5 Å². The van der Waals surface area contributed by atoms with Crippen LogP contribution in [0.25, 0.3) is 0 Å². The average Bonchev–Trinajstić information content (AvgIpc) is 2.96. The Morgan fingerprint density at radius 1 is 1.42 bits per heavy atom. The lowest BCUT2D eigenvalue weighted by molar-refractivity contribution is 0.102. The van der Waals surface area contributed by atoms with Gasteiger partial charge in [0.1, 0.15) is 11.3 Å². The molecule has 126 valence electrons. The van der Waals surface area contributed by atoms with Crippen molar-refractivity contribution in [3.63, 3.8) is 0 Å². The molecule has 2 N–H and O–H groups in total. The normalized spacial score (nSPS) is 15.9. The third-order valence-electron chi connectivity index (χ3n) is 4.35. The van der Waals surface area contributed by atoms with Gasteiger partial charge in [-0.15, -0.1) is 0 Å². The van der Waals surface area contributed by atoms with Crippen LogP contribution in [-0.4, -0.2) is 32.7 Å². The zero-order valence-electron chi connectivity index (χ0n) is 13.7. The second-order valence-corrected chi connectivity index (χ2v) is 5.79. The van der Waals surface area contributed by atoms with Crippen molar-refractivity contribution in [3.8, 4) is 11.5 Å². The van der Waals surface area contributed by atoms with Gasteiger partial charge in [0.2, 0.25) is 5.95 Å². The number of hydrogen-bond donors (Lipinski definition) is 2. The number of hydrogen-bond acceptors (Lipinski definition) is 6. The van der Waals surface area contributed by atoms with E-state index in [9.17, 15) is 14.7 Å². The number of carbonyl (C=O) groups is 1. The summed E-state index contributed by atoms with van der Waals surface area (Å²) >= 11 is 0. The highest BCUT2D eigenvalue weighted by molar-refractivity contribution is 6.05. The van der Waals surface area contributed by atoms with E-state index in [2.05, 4.69) is 15.3 Å². The number of nitrogens with zero attached hydrogens (tertiary/aromatic N) is 3. The lowest BCUT2D eigenvalue weighted by atomic mass is 10.0. The number of aromatic hydroxyl groups is 1. The zero-order chi connectivity index (χ0) is 17.4. The molecule has 1 atom stereocenters. The molecule has 2 heterocycles. The molecule has 0 fully saturated rings. The molecule has 0 saturated carbocycles. The monoisotopic (exact) mass is 330 g/mol. The van der Waals surface area contributed by atoms with E-state index < -0.39 is 11.5 Å². The van der Waals surface area contributed by atoms with Crippen LogP contribution in [0.2, 0.25) is 0 Å². The molecular formula is C16H18N4O4. The Hall–Kier alpha value is -2.90. The highest BCUT2D eigenvalue weighted by Crippen LogP contribution is 2.39. The first-order chi connectivity index (χ1) is 11.4. The molecule has 0 bridgehead atoms. The van der Waals surface area contributed by atoms with Gasteiger partial charge in [0.05, 0.1) is 19.5 Å². The molecule has 1 aliphatic rings. The standard InChI is InChI=1S/C16H18N4O4/c1-8-4-5-10-11(8)13(21)12(15(23)20(10)2)14(22)19-16-17-6-9(24-3)7-18-16/h6-8,21H,4-5H2,1-3H3,(H,17,18,19,22)/t8-/m1/s1. The molecule has 0 radical (unpaired) electrons. The van der Waals surface area contributed by atoms with E-state index >= 15 is 0 Å². The first-order valence-electron chi connectivity index (χ1n) is 7.56. The maximum Gasteiger partial charge on any atom is 0.267 e. The van der Waals surface area contributed by atoms with Crippen molar-refractivity contribution in [3.05, 3.63) is 39.6 Å². The fourth-order valence-corrected chi connectivity index (χ4v) is 3.02. The Labute approximate surface area is 138 Å². The van der Waals surface area contributed by atoms with Crippen molar-refractivity contribution < 1.29 is 14.6 Å². The van der Waals surface area contributed by atoms with E-state index in [1.54, 1.807) is 7.05 Å². The summed E-state index contributed by atoms with van der Waals surface area (Å²) in [7, 11) is 3.09. The topological polar surface area (TPSA) is 106 Å². The molecule has 0 spiro atoms. The van der Waals surface area contributed by atoms with Crippen molar-refractivity contribution in [2.24, 2.45) is 7.05 Å². The predicted octanol–water partition coefficient (Wildman–Crippen LogP) is 1.19. The number of fused-ring (bicyclic) bond motifs is 1. The molecule has 1 aliphatic carbocycles. The lowest BCUT2D eigenvalue weighted by Crippen LogP contribution is -2.30. The number of aromatic nitrogens is 3. The largest absolute Gasteiger partial charge is 0.507 e. The van der Waals surface area contributed by atoms with Gasteiger partial charge in [-0.3, -0.25) is 14.9 Å². The van der Waals surface area contributed by atoms with Gasteiger partial charge in [-0.1, -0.05) is 6.92 Å². The molecule has 2 aromatic heterocycles. The Kier molecular flexibility index (Phi) is 3.96. The molecule has 24 heavy (non-hydrogen) atoms. The Morgan fingerprint density at radius 3 is 2.71 bits per heavy atom. The average molecular weight is 330 g/mol. The van der Waals surface area contributed by atoms with Crippen LogP contribution in [0.4, 0.5) is 5.95 Å². The number of pyridine rings is 1. The van der Waals surface area contributed by atoms with E-state index in [0.717, 1.165) is 12.1 Å². The minimum Gasteiger partial charge on any atom is -0.507 e. The summed E-state index contributed by atoms with van der Waals surface area (Å²) in [6.07, 6.45) is 4.33. The van der Waals surface area contributed by atoms with Gasteiger partial charge in [0.15, 0.2) is 5.75 Å². The number of amides is 1. The Morgan fingerprint density at radius 2 is 2.08 bits per heavy atom. The van der Waals surface area contributed by atoms with Gasteiger partial charge >= 0.3 is 0 Å². The third-order valence-corrected chi connectivity index (χ3v) is 4.35. The maximum atomic E-state index is 12.5. The quantitative estimate of drug-likeness (QED) is 0.875. The maximum absolute atomic E-state index is 12.5. The van der Waals surface area contributed by atoms with Crippen molar-refractivity contribution in [2.75, 3.05) is 12.4 Å². The van der Waals surface area contributed by atoms with Crippen LogP contribution < -0.4 is 15.6 Å². The van der Waals surface area contributed by atoms with Gasteiger partial charge in [-0.25, -0.2) is 9.97 Å². The number of anilines is 1. The Bertz CT molecular complexity index is 858. The van der Waals surface area contributed by atoms with E-state index in [-0.39, 0.29) is 23.2 Å². The SMILES string of the molecule is COc1cnc(NC(=O)c2c(O)c3c(n(C)c2=O)CC[C@H]3C)nc1. The van der Waals surface area contributed by atoms with Crippen LogP contribution in [0.1, 0.15) is 40.9 Å². The zero-order valence-corrected chi connectivity index (χ0v) is 13.7. The summed E-state index contributed by atoms with van der Waals surface area (Å²) in [5, 5.41) is 12.9. The summed E-state index contributed by atoms with van der Waals surface area (Å²) in [5.74, 6) is -0.422. The highest BCUT2D eigenvalue weighted by Gasteiger charge is 2.31. The second-order valence-electron chi connectivity index (χ2n) is 5.79. The van der Waals surface area contributed by atoms with Crippen LogP contribution in [0, 0.1) is 0 Å². The Balaban J connectivity index is 1.99. The second kappa shape index (κ2) is 5.95. The van der Waals surface area contributed by atoms with Crippen molar-refractivity contribution >= 4 is 11.9 Å². The summed E-state index contributed by atoms with van der Waals surface area (Å²) in [5.41, 5.74) is 0.621. The van der Waals surface area contributed by atoms with Crippen LogP contribution in [0.15, 0.2) is 17.2 Å². The predicted molar refractivity (Wildman–Crippen MR) is 86.6 cm³/mol. The van der Waals surface area contributed by atoms with Crippen LogP contribution >= 0.6 is 0 Å². The molecular weight excluding hydrogens is 312 g/mol. The lowest BCUT2D eigenvalue weighted by Gasteiger charge is -2.14. The van der Waals surface area contributed by atoms with Crippen LogP contribution in [0.3, 0.4) is 0 Å². The van der Waals surface area contributed by atoms with E-state index in [1.807, 2.05) is 6.92 Å². The molecule has 3 rings (SSSR count). The van der Waals surface area contributed by atoms with Crippen molar-refractivity contribution in [2.45, 2.75) is 25.7 Å². The number of rotatable bonds is 3. The van der Waals surface area contributed by atoms with Gasteiger partial charge in [-0.05, 0) is 18.8 Å². The minimum atomic E-state index is -0.736. The van der Waals surface area contributed by atoms with Gasteiger partial charge in [0.25, 0.3) is 11.5 Å². The molecule has 0 saturated heterocycles. The summed E-state index contributed by atoms with van der Waals surface area (Å²) in [6.45, 7) is 1.96. The molecule has 8 heteroatoms. The molecule has 1 amide bonds. The molecule has 0 aliphatic heterocycles. The molecule has 2 aromatic rings. The van der Waals surface area contributed by atoms with E-state index in [4.69, 9.17) is 4.74 Å². The van der Waals surface area contributed by atoms with Crippen molar-refractivity contribution in [1.29, 1.82) is 0 Å².